The molecular weight excluding hydrogens is 356 g/mol. The molecule has 0 saturated carbocycles. The maximum atomic E-state index is 12.7. The number of aromatic nitrogens is 2. The van der Waals surface area contributed by atoms with Gasteiger partial charge in [-0.15, -0.1) is 12.3 Å². The van der Waals surface area contributed by atoms with E-state index in [0.29, 0.717) is 17.4 Å². The molecule has 3 rings (SSSR count). The minimum Gasteiger partial charge on any atom is -0.357 e. The number of H-pyrrole nitrogens is 1. The molecule has 1 atom stereocenters. The monoisotopic (exact) mass is 374 g/mol. The number of carbonyl (C=O) groups is 3. The van der Waals surface area contributed by atoms with Crippen LogP contribution in [0.3, 0.4) is 0 Å². The Morgan fingerprint density at radius 2 is 2.14 bits per heavy atom. The van der Waals surface area contributed by atoms with Gasteiger partial charge >= 0.3 is 0 Å². The van der Waals surface area contributed by atoms with Crippen LogP contribution in [0.4, 0.5) is 0 Å². The summed E-state index contributed by atoms with van der Waals surface area (Å²) in [5, 5.41) is 5.08. The molecule has 0 aliphatic heterocycles. The number of amides is 2. The van der Waals surface area contributed by atoms with Crippen LogP contribution in [0.1, 0.15) is 27.1 Å². The highest BCUT2D eigenvalue weighted by Gasteiger charge is 2.20. The minimum atomic E-state index is -0.861. The van der Waals surface area contributed by atoms with Gasteiger partial charge in [0, 0.05) is 30.2 Å². The number of hydrogen-bond acceptors (Lipinski definition) is 4. The number of hydrogen-bond donors (Lipinski definition) is 3. The highest BCUT2D eigenvalue weighted by Crippen LogP contribution is 2.28. The number of nitrogens with zero attached hydrogens (tertiary/aromatic N) is 1. The van der Waals surface area contributed by atoms with E-state index in [1.807, 2.05) is 18.2 Å². The summed E-state index contributed by atoms with van der Waals surface area (Å²) in [4.78, 5) is 43.4. The van der Waals surface area contributed by atoms with Crippen LogP contribution in [0.2, 0.25) is 0 Å². The summed E-state index contributed by atoms with van der Waals surface area (Å²) < 4.78 is 0. The molecule has 28 heavy (non-hydrogen) atoms. The molecule has 0 aliphatic rings. The molecule has 2 aromatic carbocycles. The van der Waals surface area contributed by atoms with E-state index >= 15 is 0 Å². The molecule has 0 unspecified atom stereocenters. The number of benzene rings is 2. The number of para-hydroxylation sites is 1. The average Bonchev–Trinajstić information content (AvgIpc) is 3.21. The molecule has 0 saturated heterocycles. The van der Waals surface area contributed by atoms with Crippen molar-refractivity contribution in [2.24, 2.45) is 0 Å². The van der Waals surface area contributed by atoms with Gasteiger partial charge < -0.3 is 15.6 Å². The van der Waals surface area contributed by atoms with E-state index < -0.39 is 11.9 Å². The van der Waals surface area contributed by atoms with Crippen LogP contribution in [-0.4, -0.2) is 41.2 Å². The Hall–Kier alpha value is -3.92. The number of fused-ring (bicyclic) bond motifs is 1. The Bertz CT molecular complexity index is 1090. The Morgan fingerprint density at radius 1 is 1.32 bits per heavy atom. The maximum Gasteiger partial charge on any atom is 0.252 e. The van der Waals surface area contributed by atoms with Crippen molar-refractivity contribution in [3.63, 3.8) is 0 Å². The zero-order valence-corrected chi connectivity index (χ0v) is 15.2. The number of aromatic amines is 1. The summed E-state index contributed by atoms with van der Waals surface area (Å²) >= 11 is 0. The summed E-state index contributed by atoms with van der Waals surface area (Å²) in [6.07, 6.45) is 7.59. The van der Waals surface area contributed by atoms with Crippen LogP contribution in [0.5, 0.6) is 0 Å². The third-order valence-electron chi connectivity index (χ3n) is 4.30. The van der Waals surface area contributed by atoms with Gasteiger partial charge in [0.05, 0.1) is 17.4 Å². The van der Waals surface area contributed by atoms with Gasteiger partial charge in [0.15, 0.2) is 0 Å². The number of aldehydes is 1. The molecular formula is C21H18N4O3. The molecule has 0 radical (unpaired) electrons. The summed E-state index contributed by atoms with van der Waals surface area (Å²) in [5.41, 5.74) is 3.60. The Balaban J connectivity index is 2.01. The predicted molar refractivity (Wildman–Crippen MR) is 106 cm³/mol. The van der Waals surface area contributed by atoms with E-state index in [1.165, 1.54) is 13.1 Å². The van der Waals surface area contributed by atoms with E-state index in [1.54, 1.807) is 18.5 Å². The van der Waals surface area contributed by atoms with E-state index in [4.69, 9.17) is 6.42 Å². The first-order valence-electron chi connectivity index (χ1n) is 8.56. The Kier molecular flexibility index (Phi) is 5.51. The first-order chi connectivity index (χ1) is 13.6. The Labute approximate surface area is 161 Å². The number of nitrogens with one attached hydrogen (secondary N) is 3. The van der Waals surface area contributed by atoms with E-state index in [-0.39, 0.29) is 17.9 Å². The largest absolute Gasteiger partial charge is 0.357 e. The van der Waals surface area contributed by atoms with Gasteiger partial charge in [-0.2, -0.15) is 0 Å². The average molecular weight is 374 g/mol. The van der Waals surface area contributed by atoms with Crippen molar-refractivity contribution in [2.75, 3.05) is 7.05 Å². The van der Waals surface area contributed by atoms with E-state index in [0.717, 1.165) is 16.6 Å². The second-order valence-electron chi connectivity index (χ2n) is 6.11. The number of rotatable bonds is 6. The van der Waals surface area contributed by atoms with Crippen LogP contribution in [0, 0.1) is 12.3 Å². The lowest BCUT2D eigenvalue weighted by Gasteiger charge is -2.15. The molecule has 140 valence electrons. The van der Waals surface area contributed by atoms with Gasteiger partial charge in [0.2, 0.25) is 5.91 Å². The lowest BCUT2D eigenvalue weighted by Crippen LogP contribution is -2.45. The van der Waals surface area contributed by atoms with E-state index in [2.05, 4.69) is 26.5 Å². The number of carbonyl (C=O) groups excluding carboxylic acids is 3. The van der Waals surface area contributed by atoms with Crippen LogP contribution in [0.15, 0.2) is 42.7 Å². The molecule has 0 fully saturated rings. The van der Waals surface area contributed by atoms with Crippen molar-refractivity contribution in [3.05, 3.63) is 53.9 Å². The second-order valence-corrected chi connectivity index (χ2v) is 6.11. The van der Waals surface area contributed by atoms with Crippen molar-refractivity contribution in [1.29, 1.82) is 0 Å². The second kappa shape index (κ2) is 8.18. The first-order valence-corrected chi connectivity index (χ1v) is 8.56. The minimum absolute atomic E-state index is 0.0538. The smallest absolute Gasteiger partial charge is 0.252 e. The van der Waals surface area contributed by atoms with Gasteiger partial charge in [-0.1, -0.05) is 12.1 Å². The van der Waals surface area contributed by atoms with Gasteiger partial charge in [-0.3, -0.25) is 14.4 Å². The lowest BCUT2D eigenvalue weighted by atomic mass is 9.98. The fourth-order valence-electron chi connectivity index (χ4n) is 2.95. The van der Waals surface area contributed by atoms with Crippen molar-refractivity contribution in [3.8, 4) is 23.5 Å². The first kappa shape index (κ1) is 18.9. The normalized spacial score (nSPS) is 11.4. The SMILES string of the molecule is C#CC[C@@H](NC(=O)c1cc(C=O)cc(-c2cccc3[nH]cnc23)c1)C(=O)NC. The molecule has 3 aromatic rings. The molecule has 3 N–H and O–H groups in total. The molecule has 0 aliphatic carbocycles. The fourth-order valence-corrected chi connectivity index (χ4v) is 2.95. The quantitative estimate of drug-likeness (QED) is 0.453. The number of terminal acetylenes is 1. The van der Waals surface area contributed by atoms with Crippen molar-refractivity contribution in [2.45, 2.75) is 12.5 Å². The van der Waals surface area contributed by atoms with Crippen LogP contribution in [0.25, 0.3) is 22.2 Å². The number of imidazole rings is 1. The summed E-state index contributed by atoms with van der Waals surface area (Å²) in [7, 11) is 1.47. The molecule has 1 aromatic heterocycles. The molecule has 1 heterocycles. The zero-order valence-electron chi connectivity index (χ0n) is 15.2. The van der Waals surface area contributed by atoms with Crippen LogP contribution >= 0.6 is 0 Å². The van der Waals surface area contributed by atoms with Gasteiger partial charge in [0.25, 0.3) is 5.91 Å². The maximum absolute atomic E-state index is 12.7. The third-order valence-corrected chi connectivity index (χ3v) is 4.30. The third kappa shape index (κ3) is 3.76. The Morgan fingerprint density at radius 3 is 2.86 bits per heavy atom. The fraction of sp³-hybridized carbons (Fsp3) is 0.143. The predicted octanol–water partition coefficient (Wildman–Crippen LogP) is 1.91. The standard InChI is InChI=1S/C21H18N4O3/c1-3-5-18(21(28)22-2)25-20(27)15-9-13(11-26)8-14(10-15)16-6-4-7-17-19(16)24-12-23-17/h1,4,6-12,18H,5H2,2H3,(H,22,28)(H,23,24)(H,25,27)/t18-/m1/s1. The molecule has 2 amide bonds. The topological polar surface area (TPSA) is 104 Å². The zero-order chi connectivity index (χ0) is 20.1. The van der Waals surface area contributed by atoms with Crippen molar-refractivity contribution >= 4 is 29.1 Å². The highest BCUT2D eigenvalue weighted by atomic mass is 16.2. The van der Waals surface area contributed by atoms with Crippen molar-refractivity contribution < 1.29 is 14.4 Å². The summed E-state index contributed by atoms with van der Waals surface area (Å²) in [6, 6.07) is 9.55. The van der Waals surface area contributed by atoms with Gasteiger partial charge in [-0.25, -0.2) is 4.98 Å². The molecule has 0 spiro atoms. The van der Waals surface area contributed by atoms with Gasteiger partial charge in [0.1, 0.15) is 12.3 Å². The summed E-state index contributed by atoms with van der Waals surface area (Å²) in [6.45, 7) is 0. The van der Waals surface area contributed by atoms with Crippen LogP contribution < -0.4 is 10.6 Å². The van der Waals surface area contributed by atoms with Crippen molar-refractivity contribution in [1.82, 2.24) is 20.6 Å². The molecule has 0 bridgehead atoms. The molecule has 7 nitrogen and oxygen atoms in total. The highest BCUT2D eigenvalue weighted by molar-refractivity contribution is 6.01. The van der Waals surface area contributed by atoms with Crippen LogP contribution in [-0.2, 0) is 4.79 Å². The van der Waals surface area contributed by atoms with E-state index in [9.17, 15) is 14.4 Å². The lowest BCUT2D eigenvalue weighted by molar-refractivity contribution is -0.122. The van der Waals surface area contributed by atoms with Gasteiger partial charge in [-0.05, 0) is 29.8 Å². The molecule has 7 heteroatoms. The number of likely N-dealkylation sites (N-methyl/N-ethyl adjacent to an activating group) is 1. The summed E-state index contributed by atoms with van der Waals surface area (Å²) in [5.74, 6) is 1.49.